The first-order valence-electron chi connectivity index (χ1n) is 12.0. The zero-order valence-electron chi connectivity index (χ0n) is 23.0. The molecule has 216 valence electrons. The Hall–Kier alpha value is -3.62. The van der Waals surface area contributed by atoms with Crippen molar-refractivity contribution in [3.05, 3.63) is 106 Å². The zero-order valence-corrected chi connectivity index (χ0v) is 24.6. The molecule has 0 spiro atoms. The molecule has 0 amide bonds. The highest BCUT2D eigenvalue weighted by Gasteiger charge is 2.30. The number of hydrogen-bond donors (Lipinski definition) is 3. The summed E-state index contributed by atoms with van der Waals surface area (Å²) in [7, 11) is 0. The second kappa shape index (κ2) is 15.8. The van der Waals surface area contributed by atoms with Crippen LogP contribution in [0.5, 0.6) is 5.75 Å². The lowest BCUT2D eigenvalue weighted by atomic mass is 10.1. The van der Waals surface area contributed by atoms with Crippen LogP contribution < -0.4 is 15.4 Å². The van der Waals surface area contributed by atoms with Crippen LogP contribution in [-0.4, -0.2) is 18.7 Å². The molecule has 10 heteroatoms. The number of alkyl halides is 3. The Bertz CT molecular complexity index is 1200. The van der Waals surface area contributed by atoms with Gasteiger partial charge in [-0.05, 0) is 120 Å². The van der Waals surface area contributed by atoms with Crippen LogP contribution in [0, 0.1) is 12.3 Å². The number of ether oxygens (including phenoxy) is 2. The molecule has 3 aromatic rings. The van der Waals surface area contributed by atoms with E-state index in [1.165, 1.54) is 24.3 Å². The third-order valence-corrected chi connectivity index (χ3v) is 5.01. The predicted molar refractivity (Wildman–Crippen MR) is 161 cm³/mol. The topological polar surface area (TPSA) is 66.4 Å². The van der Waals surface area contributed by atoms with Gasteiger partial charge >= 0.3 is 6.36 Å². The van der Waals surface area contributed by atoms with Crippen LogP contribution in [0.2, 0.25) is 10.0 Å². The number of benzene rings is 3. The molecule has 0 atom stereocenters. The minimum atomic E-state index is -4.71. The van der Waals surface area contributed by atoms with Crippen molar-refractivity contribution in [2.45, 2.75) is 46.6 Å². The van der Waals surface area contributed by atoms with Gasteiger partial charge in [-0.1, -0.05) is 29.8 Å². The van der Waals surface area contributed by atoms with Crippen molar-refractivity contribution in [3.63, 3.8) is 0 Å². The Morgan fingerprint density at radius 2 is 1.30 bits per heavy atom. The van der Waals surface area contributed by atoms with E-state index in [-0.39, 0.29) is 11.4 Å². The van der Waals surface area contributed by atoms with E-state index in [0.717, 1.165) is 16.8 Å². The molecule has 40 heavy (non-hydrogen) atoms. The molecule has 0 saturated heterocycles. The lowest BCUT2D eigenvalue weighted by molar-refractivity contribution is -0.274. The summed E-state index contributed by atoms with van der Waals surface area (Å²) >= 11 is 11.3. The van der Waals surface area contributed by atoms with Gasteiger partial charge in [0.15, 0.2) is 0 Å². The average Bonchev–Trinajstić information content (AvgIpc) is 2.84. The van der Waals surface area contributed by atoms with Crippen molar-refractivity contribution < 1.29 is 22.6 Å². The fourth-order valence-corrected chi connectivity index (χ4v) is 3.72. The smallest absolute Gasteiger partial charge is 0.488 e. The van der Waals surface area contributed by atoms with E-state index >= 15 is 0 Å². The molecular weight excluding hydrogens is 562 g/mol. The largest absolute Gasteiger partial charge is 0.573 e. The average molecular weight is 597 g/mol. The van der Waals surface area contributed by atoms with Crippen molar-refractivity contribution in [2.24, 2.45) is 0 Å². The highest BCUT2D eigenvalue weighted by atomic mass is 35.5. The van der Waals surface area contributed by atoms with Crippen molar-refractivity contribution in [1.29, 1.82) is 5.41 Å². The molecule has 3 N–H and O–H groups in total. The van der Waals surface area contributed by atoms with E-state index < -0.39 is 6.36 Å². The monoisotopic (exact) mass is 595 g/mol. The van der Waals surface area contributed by atoms with Gasteiger partial charge in [0.25, 0.3) is 0 Å². The summed E-state index contributed by atoms with van der Waals surface area (Å²) in [5.41, 5.74) is 3.09. The first-order valence-corrected chi connectivity index (χ1v) is 12.7. The number of anilines is 2. The number of rotatable bonds is 7. The highest BCUT2D eigenvalue weighted by Crippen LogP contribution is 2.26. The van der Waals surface area contributed by atoms with E-state index in [4.69, 9.17) is 33.3 Å². The molecule has 3 rings (SSSR count). The molecule has 0 radical (unpaired) electrons. The molecule has 3 aromatic carbocycles. The molecule has 0 unspecified atom stereocenters. The van der Waals surface area contributed by atoms with E-state index in [1.807, 2.05) is 77.1 Å². The standard InChI is InChI=1S/C22H25F3N2O2.C7H6Cl2.CH3N/c1-6-20(27-18-11-13-19(14-12-18)29-22(23,24)25)26-17-9-7-16(8-10-17)15(2)28-21(3,4)5;1-5-2-6(8)4-7(9)3-5;1-2/h6-14,26-27H,2H2,1,3-5H3;2-4H,1H3;2H,1H2/b20-6-;;. The van der Waals surface area contributed by atoms with Crippen molar-refractivity contribution >= 4 is 47.1 Å². The van der Waals surface area contributed by atoms with Gasteiger partial charge in [0.1, 0.15) is 22.9 Å². The quantitative estimate of drug-likeness (QED) is 0.188. The molecule has 0 aromatic heterocycles. The molecule has 0 aliphatic carbocycles. The maximum absolute atomic E-state index is 12.2. The third kappa shape index (κ3) is 14.0. The number of allylic oxidation sites excluding steroid dienone is 1. The van der Waals surface area contributed by atoms with Crippen LogP contribution in [0.15, 0.2) is 85.2 Å². The first kappa shape index (κ1) is 34.4. The third-order valence-electron chi connectivity index (χ3n) is 4.58. The second-order valence-corrected chi connectivity index (χ2v) is 10.1. The van der Waals surface area contributed by atoms with Gasteiger partial charge in [-0.25, -0.2) is 0 Å². The summed E-state index contributed by atoms with van der Waals surface area (Å²) in [6.45, 7) is 16.1. The fourth-order valence-electron chi connectivity index (χ4n) is 3.09. The van der Waals surface area contributed by atoms with E-state index in [9.17, 15) is 13.2 Å². The highest BCUT2D eigenvalue weighted by molar-refractivity contribution is 6.34. The van der Waals surface area contributed by atoms with Crippen LogP contribution in [0.25, 0.3) is 5.76 Å². The van der Waals surface area contributed by atoms with Gasteiger partial charge in [0.2, 0.25) is 0 Å². The Balaban J connectivity index is 0.000000609. The van der Waals surface area contributed by atoms with Crippen molar-refractivity contribution in [2.75, 3.05) is 10.6 Å². The lowest BCUT2D eigenvalue weighted by Gasteiger charge is -2.23. The summed E-state index contributed by atoms with van der Waals surface area (Å²) in [5, 5.41) is 13.2. The lowest BCUT2D eigenvalue weighted by Crippen LogP contribution is -2.17. The van der Waals surface area contributed by atoms with Crippen LogP contribution in [0.1, 0.15) is 38.8 Å². The molecular formula is C30H34Cl2F3N3O2. The minimum Gasteiger partial charge on any atom is -0.488 e. The van der Waals surface area contributed by atoms with Crippen LogP contribution in [0.3, 0.4) is 0 Å². The Kier molecular flexibility index (Phi) is 13.6. The van der Waals surface area contributed by atoms with Crippen LogP contribution in [-0.2, 0) is 4.74 Å². The predicted octanol–water partition coefficient (Wildman–Crippen LogP) is 10.3. The Morgan fingerprint density at radius 3 is 1.68 bits per heavy atom. The summed E-state index contributed by atoms with van der Waals surface area (Å²) in [5.74, 6) is 0.993. The number of halogens is 5. The van der Waals surface area contributed by atoms with Crippen molar-refractivity contribution in [3.8, 4) is 5.75 Å². The molecule has 0 aliphatic rings. The number of aryl methyl sites for hydroxylation is 1. The van der Waals surface area contributed by atoms with Gasteiger partial charge < -0.3 is 25.5 Å². The van der Waals surface area contributed by atoms with Gasteiger partial charge in [-0.3, -0.25) is 0 Å². The van der Waals surface area contributed by atoms with Crippen molar-refractivity contribution in [1.82, 2.24) is 0 Å². The fraction of sp³-hybridized carbons (Fsp3) is 0.233. The summed E-state index contributed by atoms with van der Waals surface area (Å²) in [6.07, 6.45) is -2.89. The van der Waals surface area contributed by atoms with E-state index in [0.29, 0.717) is 27.3 Å². The molecule has 0 aliphatic heterocycles. The molecule has 0 heterocycles. The minimum absolute atomic E-state index is 0.272. The van der Waals surface area contributed by atoms with Gasteiger partial charge in [-0.2, -0.15) is 0 Å². The summed E-state index contributed by atoms with van der Waals surface area (Å²) in [4.78, 5) is 0. The van der Waals surface area contributed by atoms with Gasteiger partial charge in [0.05, 0.1) is 0 Å². The summed E-state index contributed by atoms with van der Waals surface area (Å²) in [6, 6.07) is 18.5. The normalized spacial score (nSPS) is 11.2. The Morgan fingerprint density at radius 1 is 0.850 bits per heavy atom. The van der Waals surface area contributed by atoms with Gasteiger partial charge in [-0.15, -0.1) is 13.2 Å². The Labute approximate surface area is 244 Å². The van der Waals surface area contributed by atoms with Crippen LogP contribution in [0.4, 0.5) is 24.5 Å². The molecule has 0 fully saturated rings. The molecule has 0 saturated carbocycles. The van der Waals surface area contributed by atoms with E-state index in [2.05, 4.69) is 28.7 Å². The zero-order chi connectivity index (χ0) is 30.5. The first-order chi connectivity index (χ1) is 18.6. The number of nitrogens with one attached hydrogen (secondary N) is 3. The maximum atomic E-state index is 12.2. The summed E-state index contributed by atoms with van der Waals surface area (Å²) < 4.78 is 46.3. The van der Waals surface area contributed by atoms with Gasteiger partial charge in [0, 0.05) is 27.0 Å². The maximum Gasteiger partial charge on any atom is 0.573 e. The number of hydrogen-bond acceptors (Lipinski definition) is 5. The molecule has 0 bridgehead atoms. The van der Waals surface area contributed by atoms with E-state index in [1.54, 1.807) is 6.07 Å². The second-order valence-electron chi connectivity index (χ2n) is 9.19. The SMILES string of the molecule is C=C(OC(C)(C)C)c1ccc(N/C(=C/C)Nc2ccc(OC(F)(F)F)cc2)cc1.C=N.Cc1cc(Cl)cc(Cl)c1. The molecule has 5 nitrogen and oxygen atoms in total. The van der Waals surface area contributed by atoms with Crippen LogP contribution >= 0.6 is 23.2 Å².